The van der Waals surface area contributed by atoms with Crippen molar-refractivity contribution in [3.8, 4) is 0 Å². The quantitative estimate of drug-likeness (QED) is 0.756. The minimum Gasteiger partial charge on any atom is -0.359 e. The fourth-order valence-electron chi connectivity index (χ4n) is 3.28. The summed E-state index contributed by atoms with van der Waals surface area (Å²) in [5.41, 5.74) is 5.70. The normalized spacial score (nSPS) is 12.0. The second-order valence-corrected chi connectivity index (χ2v) is 8.13. The van der Waals surface area contributed by atoms with Gasteiger partial charge in [-0.1, -0.05) is 23.8 Å². The number of hydrogen-bond donors (Lipinski definition) is 2. The van der Waals surface area contributed by atoms with Crippen molar-refractivity contribution in [1.29, 1.82) is 0 Å². The Morgan fingerprint density at radius 1 is 0.958 bits per heavy atom. The zero-order valence-corrected chi connectivity index (χ0v) is 15.2. The highest BCUT2D eigenvalue weighted by Gasteiger charge is 2.19. The van der Waals surface area contributed by atoms with Crippen LogP contribution in [0.15, 0.2) is 41.3 Å². The van der Waals surface area contributed by atoms with Gasteiger partial charge in [0.2, 0.25) is 10.0 Å². The predicted molar refractivity (Wildman–Crippen MR) is 97.7 cm³/mol. The third kappa shape index (κ3) is 3.23. The van der Waals surface area contributed by atoms with Gasteiger partial charge in [-0.2, -0.15) is 0 Å². The Kier molecular flexibility index (Phi) is 4.24. The monoisotopic (exact) mass is 342 g/mol. The van der Waals surface area contributed by atoms with Gasteiger partial charge in [-0.15, -0.1) is 0 Å². The molecule has 0 amide bonds. The maximum absolute atomic E-state index is 12.7. The van der Waals surface area contributed by atoms with E-state index in [0.717, 1.165) is 38.9 Å². The maximum Gasteiger partial charge on any atom is 0.241 e. The van der Waals surface area contributed by atoms with E-state index in [9.17, 15) is 8.42 Å². The number of rotatable bonds is 4. The fraction of sp³-hybridized carbons (Fsp3) is 0.263. The first kappa shape index (κ1) is 16.7. The molecule has 0 aliphatic rings. The summed E-state index contributed by atoms with van der Waals surface area (Å²) in [6.07, 6.45) is 0. The number of aryl methyl sites for hydroxylation is 4. The summed E-state index contributed by atoms with van der Waals surface area (Å²) in [6.45, 7) is 7.92. The lowest BCUT2D eigenvalue weighted by Gasteiger charge is -2.13. The molecule has 0 saturated carbocycles. The van der Waals surface area contributed by atoms with Crippen molar-refractivity contribution < 1.29 is 8.42 Å². The zero-order valence-electron chi connectivity index (χ0n) is 14.4. The summed E-state index contributed by atoms with van der Waals surface area (Å²) in [7, 11) is -3.54. The summed E-state index contributed by atoms with van der Waals surface area (Å²) in [5, 5.41) is 1.09. The highest BCUT2D eigenvalue weighted by atomic mass is 32.2. The lowest BCUT2D eigenvalue weighted by atomic mass is 10.1. The minimum absolute atomic E-state index is 0.273. The Balaban J connectivity index is 1.86. The van der Waals surface area contributed by atoms with Gasteiger partial charge in [-0.25, -0.2) is 13.1 Å². The third-order valence-electron chi connectivity index (χ3n) is 4.16. The van der Waals surface area contributed by atoms with Gasteiger partial charge in [0.15, 0.2) is 0 Å². The molecule has 0 aliphatic carbocycles. The van der Waals surface area contributed by atoms with E-state index in [4.69, 9.17) is 0 Å². The van der Waals surface area contributed by atoms with Crippen LogP contribution in [0.25, 0.3) is 10.9 Å². The van der Waals surface area contributed by atoms with Gasteiger partial charge in [0.25, 0.3) is 0 Å². The molecule has 2 aromatic carbocycles. The summed E-state index contributed by atoms with van der Waals surface area (Å²) >= 11 is 0. The smallest absolute Gasteiger partial charge is 0.241 e. The molecule has 0 spiro atoms. The molecule has 0 unspecified atom stereocenters. The first-order valence-electron chi connectivity index (χ1n) is 7.92. The summed E-state index contributed by atoms with van der Waals surface area (Å²) in [4.78, 5) is 3.65. The second kappa shape index (κ2) is 6.07. The van der Waals surface area contributed by atoms with Crippen LogP contribution in [0, 0.1) is 27.7 Å². The molecule has 5 heteroatoms. The highest BCUT2D eigenvalue weighted by Crippen LogP contribution is 2.22. The van der Waals surface area contributed by atoms with E-state index < -0.39 is 10.0 Å². The van der Waals surface area contributed by atoms with Gasteiger partial charge in [0.1, 0.15) is 0 Å². The molecule has 1 heterocycles. The van der Waals surface area contributed by atoms with E-state index in [2.05, 4.69) is 15.8 Å². The van der Waals surface area contributed by atoms with Crippen molar-refractivity contribution in [3.63, 3.8) is 0 Å². The number of fused-ring (bicyclic) bond motifs is 1. The van der Waals surface area contributed by atoms with Gasteiger partial charge in [-0.05, 0) is 68.0 Å². The van der Waals surface area contributed by atoms with Crippen LogP contribution in [0.5, 0.6) is 0 Å². The van der Waals surface area contributed by atoms with Gasteiger partial charge in [0, 0.05) is 17.8 Å². The van der Waals surface area contributed by atoms with E-state index in [-0.39, 0.29) is 6.54 Å². The van der Waals surface area contributed by atoms with Crippen LogP contribution in [0.2, 0.25) is 0 Å². The molecular weight excluding hydrogens is 320 g/mol. The molecule has 0 radical (unpaired) electrons. The van der Waals surface area contributed by atoms with Crippen molar-refractivity contribution in [2.75, 3.05) is 0 Å². The summed E-state index contributed by atoms with van der Waals surface area (Å²) < 4.78 is 28.1. The number of aromatic amines is 1. The molecular formula is C19H22N2O2S. The van der Waals surface area contributed by atoms with E-state index in [0.29, 0.717) is 4.90 Å². The molecule has 126 valence electrons. The van der Waals surface area contributed by atoms with Crippen LogP contribution < -0.4 is 4.72 Å². The van der Waals surface area contributed by atoms with Gasteiger partial charge in [-0.3, -0.25) is 0 Å². The predicted octanol–water partition coefficient (Wildman–Crippen LogP) is 3.88. The number of nitrogens with one attached hydrogen (secondary N) is 2. The maximum atomic E-state index is 12.7. The Labute approximate surface area is 143 Å². The SMILES string of the molecule is Cc1cc(C)c(S(=O)(=O)NCc2ccc3[nH]c(C)cc3c2)c(C)c1. The van der Waals surface area contributed by atoms with Gasteiger partial charge >= 0.3 is 0 Å². The van der Waals surface area contributed by atoms with Crippen LogP contribution in [0.3, 0.4) is 0 Å². The second-order valence-electron chi connectivity index (χ2n) is 6.43. The lowest BCUT2D eigenvalue weighted by molar-refractivity contribution is 0.580. The average Bonchev–Trinajstić information content (AvgIpc) is 2.83. The fourth-order valence-corrected chi connectivity index (χ4v) is 4.74. The molecule has 0 atom stereocenters. The van der Waals surface area contributed by atoms with Crippen molar-refractivity contribution in [2.45, 2.75) is 39.1 Å². The van der Waals surface area contributed by atoms with Gasteiger partial charge in [0.05, 0.1) is 4.90 Å². The molecule has 1 aromatic heterocycles. The summed E-state index contributed by atoms with van der Waals surface area (Å²) in [6, 6.07) is 11.8. The first-order valence-corrected chi connectivity index (χ1v) is 9.40. The van der Waals surface area contributed by atoms with E-state index in [1.54, 1.807) is 0 Å². The zero-order chi connectivity index (χ0) is 17.5. The van der Waals surface area contributed by atoms with E-state index in [1.165, 1.54) is 0 Å². The minimum atomic E-state index is -3.54. The molecule has 0 bridgehead atoms. The Hall–Kier alpha value is -2.11. The van der Waals surface area contributed by atoms with Crippen LogP contribution in [-0.4, -0.2) is 13.4 Å². The third-order valence-corrected chi connectivity index (χ3v) is 5.87. The van der Waals surface area contributed by atoms with Crippen molar-refractivity contribution >= 4 is 20.9 Å². The molecule has 4 nitrogen and oxygen atoms in total. The van der Waals surface area contributed by atoms with Crippen LogP contribution >= 0.6 is 0 Å². The van der Waals surface area contributed by atoms with E-state index >= 15 is 0 Å². The highest BCUT2D eigenvalue weighted by molar-refractivity contribution is 7.89. The first-order chi connectivity index (χ1) is 11.3. The number of sulfonamides is 1. The van der Waals surface area contributed by atoms with Crippen molar-refractivity contribution in [2.24, 2.45) is 0 Å². The average molecular weight is 342 g/mol. The largest absolute Gasteiger partial charge is 0.359 e. The Morgan fingerprint density at radius 3 is 2.29 bits per heavy atom. The number of H-pyrrole nitrogens is 1. The Bertz CT molecular complexity index is 994. The van der Waals surface area contributed by atoms with Crippen LogP contribution in [0.4, 0.5) is 0 Å². The van der Waals surface area contributed by atoms with Crippen LogP contribution in [-0.2, 0) is 16.6 Å². The van der Waals surface area contributed by atoms with E-state index in [1.807, 2.05) is 58.0 Å². The van der Waals surface area contributed by atoms with Gasteiger partial charge < -0.3 is 4.98 Å². The lowest BCUT2D eigenvalue weighted by Crippen LogP contribution is -2.25. The molecule has 3 rings (SSSR count). The molecule has 0 aliphatic heterocycles. The Morgan fingerprint density at radius 2 is 1.62 bits per heavy atom. The number of benzene rings is 2. The standard InChI is InChI=1S/C19H22N2O2S/c1-12-7-13(2)19(14(3)8-12)24(22,23)20-11-16-5-6-18-17(10-16)9-15(4)21-18/h5-10,20-21H,11H2,1-4H3. The molecule has 0 saturated heterocycles. The number of hydrogen-bond acceptors (Lipinski definition) is 2. The molecule has 2 N–H and O–H groups in total. The summed E-state index contributed by atoms with van der Waals surface area (Å²) in [5.74, 6) is 0. The topological polar surface area (TPSA) is 62.0 Å². The van der Waals surface area contributed by atoms with Crippen molar-refractivity contribution in [3.05, 3.63) is 64.3 Å². The molecule has 24 heavy (non-hydrogen) atoms. The van der Waals surface area contributed by atoms with Crippen molar-refractivity contribution in [1.82, 2.24) is 9.71 Å². The molecule has 3 aromatic rings. The molecule has 0 fully saturated rings. The van der Waals surface area contributed by atoms with Crippen LogP contribution in [0.1, 0.15) is 27.9 Å². The number of aromatic nitrogens is 1.